The number of nitrogens with one attached hydrogen (secondary N) is 1. The van der Waals surface area contributed by atoms with Gasteiger partial charge in [-0.05, 0) is 23.6 Å². The third-order valence-electron chi connectivity index (χ3n) is 4.42. The summed E-state index contributed by atoms with van der Waals surface area (Å²) < 4.78 is 10.6. The Balaban J connectivity index is 1.39. The van der Waals surface area contributed by atoms with E-state index in [1.54, 1.807) is 7.11 Å². The molecule has 2 aromatic carbocycles. The number of aromatic nitrogens is 1. The molecule has 0 aliphatic heterocycles. The zero-order valence-corrected chi connectivity index (χ0v) is 17.6. The lowest BCUT2D eigenvalue weighted by Crippen LogP contribution is -2.24. The van der Waals surface area contributed by atoms with Crippen LogP contribution in [0.5, 0.6) is 5.75 Å². The number of esters is 1. The molecule has 7 heteroatoms. The minimum atomic E-state index is -0.295. The first-order valence-corrected chi connectivity index (χ1v) is 10.5. The van der Waals surface area contributed by atoms with Crippen molar-refractivity contribution in [3.63, 3.8) is 0 Å². The molecule has 0 spiro atoms. The lowest BCUT2D eigenvalue weighted by atomic mass is 10.1. The van der Waals surface area contributed by atoms with Gasteiger partial charge in [-0.25, -0.2) is 4.98 Å². The maximum atomic E-state index is 12.1. The third kappa shape index (κ3) is 6.70. The maximum Gasteiger partial charge on any atom is 0.306 e. The van der Waals surface area contributed by atoms with Crippen LogP contribution in [0.2, 0.25) is 0 Å². The van der Waals surface area contributed by atoms with Crippen LogP contribution in [0.4, 0.5) is 0 Å². The molecule has 0 aliphatic rings. The zero-order chi connectivity index (χ0) is 21.2. The van der Waals surface area contributed by atoms with Crippen LogP contribution in [-0.2, 0) is 40.3 Å². The van der Waals surface area contributed by atoms with Crippen molar-refractivity contribution in [2.75, 3.05) is 7.11 Å². The van der Waals surface area contributed by atoms with Crippen LogP contribution < -0.4 is 10.1 Å². The number of amides is 1. The molecule has 1 N–H and O–H groups in total. The molecule has 0 saturated carbocycles. The van der Waals surface area contributed by atoms with E-state index in [1.807, 2.05) is 60.0 Å². The van der Waals surface area contributed by atoms with Crippen molar-refractivity contribution in [3.8, 4) is 5.75 Å². The van der Waals surface area contributed by atoms with Crippen molar-refractivity contribution < 1.29 is 19.1 Å². The Bertz CT molecular complexity index is 972. The predicted molar refractivity (Wildman–Crippen MR) is 115 cm³/mol. The molecular formula is C23H24N2O4S. The molecule has 0 fully saturated rings. The fourth-order valence-corrected chi connectivity index (χ4v) is 3.64. The van der Waals surface area contributed by atoms with Gasteiger partial charge in [0.1, 0.15) is 17.4 Å². The Morgan fingerprint density at radius 3 is 2.63 bits per heavy atom. The van der Waals surface area contributed by atoms with E-state index in [9.17, 15) is 9.59 Å². The number of aryl methyl sites for hydroxylation is 1. The zero-order valence-electron chi connectivity index (χ0n) is 16.8. The van der Waals surface area contributed by atoms with Crippen molar-refractivity contribution in [2.45, 2.75) is 32.4 Å². The number of carbonyl (C=O) groups is 2. The molecule has 6 nitrogen and oxygen atoms in total. The Morgan fingerprint density at radius 1 is 1.07 bits per heavy atom. The molecule has 3 aromatic rings. The van der Waals surface area contributed by atoms with E-state index in [0.717, 1.165) is 16.9 Å². The van der Waals surface area contributed by atoms with Gasteiger partial charge in [0, 0.05) is 18.3 Å². The normalized spacial score (nSPS) is 10.4. The summed E-state index contributed by atoms with van der Waals surface area (Å²) in [5.41, 5.74) is 2.66. The van der Waals surface area contributed by atoms with Crippen molar-refractivity contribution in [3.05, 3.63) is 81.8 Å². The van der Waals surface area contributed by atoms with Crippen LogP contribution in [-0.4, -0.2) is 24.0 Å². The molecule has 0 aliphatic carbocycles. The number of rotatable bonds is 10. The average Bonchev–Trinajstić information content (AvgIpc) is 3.23. The summed E-state index contributed by atoms with van der Waals surface area (Å²) in [6, 6.07) is 17.3. The van der Waals surface area contributed by atoms with Gasteiger partial charge in [-0.3, -0.25) is 9.59 Å². The second kappa shape index (κ2) is 11.1. The molecule has 30 heavy (non-hydrogen) atoms. The molecule has 3 rings (SSSR count). The molecule has 0 atom stereocenters. The Hall–Kier alpha value is -3.19. The summed E-state index contributed by atoms with van der Waals surface area (Å²) in [5.74, 6) is 0.379. The summed E-state index contributed by atoms with van der Waals surface area (Å²) in [6.07, 6.45) is 1.02. The number of methoxy groups -OCH3 is 1. The molecule has 0 saturated heterocycles. The van der Waals surface area contributed by atoms with Gasteiger partial charge in [-0.2, -0.15) is 0 Å². The highest BCUT2D eigenvalue weighted by Gasteiger charge is 2.11. The molecule has 1 heterocycles. The Labute approximate surface area is 179 Å². The number of hydrogen-bond donors (Lipinski definition) is 1. The molecule has 0 radical (unpaired) electrons. The summed E-state index contributed by atoms with van der Waals surface area (Å²) in [5, 5.41) is 5.39. The topological polar surface area (TPSA) is 77.5 Å². The lowest BCUT2D eigenvalue weighted by Gasteiger charge is -2.07. The molecule has 0 unspecified atom stereocenters. The summed E-state index contributed by atoms with van der Waals surface area (Å²) in [7, 11) is 1.61. The number of nitrogens with zero attached hydrogens (tertiary/aromatic N) is 1. The van der Waals surface area contributed by atoms with E-state index in [1.165, 1.54) is 11.3 Å². The number of thiazole rings is 1. The summed E-state index contributed by atoms with van der Waals surface area (Å²) in [4.78, 5) is 28.5. The first-order valence-electron chi connectivity index (χ1n) is 9.65. The Kier molecular flexibility index (Phi) is 7.97. The van der Waals surface area contributed by atoms with E-state index >= 15 is 0 Å². The second-order valence-electron chi connectivity index (χ2n) is 6.64. The van der Waals surface area contributed by atoms with Gasteiger partial charge in [0.15, 0.2) is 0 Å². The van der Waals surface area contributed by atoms with Crippen molar-refractivity contribution >= 4 is 23.2 Å². The van der Waals surface area contributed by atoms with Gasteiger partial charge >= 0.3 is 5.97 Å². The molecule has 1 amide bonds. The fraction of sp³-hybridized carbons (Fsp3) is 0.261. The number of benzene rings is 2. The highest BCUT2D eigenvalue weighted by molar-refractivity contribution is 7.09. The smallest absolute Gasteiger partial charge is 0.306 e. The fourth-order valence-electron chi connectivity index (χ4n) is 2.87. The largest absolute Gasteiger partial charge is 0.496 e. The second-order valence-corrected chi connectivity index (χ2v) is 7.59. The Morgan fingerprint density at radius 2 is 1.83 bits per heavy atom. The molecular weight excluding hydrogens is 400 g/mol. The highest BCUT2D eigenvalue weighted by atomic mass is 32.1. The van der Waals surface area contributed by atoms with Crippen LogP contribution in [0.3, 0.4) is 0 Å². The third-order valence-corrected chi connectivity index (χ3v) is 5.31. The minimum Gasteiger partial charge on any atom is -0.496 e. The lowest BCUT2D eigenvalue weighted by molar-refractivity contribution is -0.145. The van der Waals surface area contributed by atoms with Gasteiger partial charge in [-0.1, -0.05) is 48.5 Å². The number of carbonyl (C=O) groups excluding carboxylic acids is 2. The number of ether oxygens (including phenoxy) is 2. The van der Waals surface area contributed by atoms with Gasteiger partial charge in [0.2, 0.25) is 5.91 Å². The van der Waals surface area contributed by atoms with Crippen molar-refractivity contribution in [1.29, 1.82) is 0 Å². The van der Waals surface area contributed by atoms with Gasteiger partial charge < -0.3 is 14.8 Å². The number of hydrogen-bond acceptors (Lipinski definition) is 6. The first-order chi connectivity index (χ1) is 14.6. The van der Waals surface area contributed by atoms with E-state index < -0.39 is 0 Å². The van der Waals surface area contributed by atoms with Gasteiger partial charge in [-0.15, -0.1) is 11.3 Å². The monoisotopic (exact) mass is 424 g/mol. The van der Waals surface area contributed by atoms with E-state index in [4.69, 9.17) is 9.47 Å². The van der Waals surface area contributed by atoms with E-state index in [2.05, 4.69) is 10.3 Å². The van der Waals surface area contributed by atoms with Gasteiger partial charge in [0.05, 0.1) is 19.2 Å². The standard InChI is InChI=1S/C23H24N2O4S/c1-28-20-10-6-5-9-18(20)11-12-23(27)29-15-19-16-30-22(25-19)13-21(26)24-14-17-7-3-2-4-8-17/h2-10,16H,11-15H2,1H3,(H,24,26). The predicted octanol–water partition coefficient (Wildman–Crippen LogP) is 3.69. The van der Waals surface area contributed by atoms with E-state index in [0.29, 0.717) is 23.7 Å². The van der Waals surface area contributed by atoms with Crippen LogP contribution in [0.15, 0.2) is 60.0 Å². The van der Waals surface area contributed by atoms with Crippen LogP contribution in [0, 0.1) is 0 Å². The van der Waals surface area contributed by atoms with Crippen LogP contribution in [0.25, 0.3) is 0 Å². The van der Waals surface area contributed by atoms with Crippen LogP contribution >= 0.6 is 11.3 Å². The molecule has 0 bridgehead atoms. The summed E-state index contributed by atoms with van der Waals surface area (Å²) in [6.45, 7) is 0.592. The SMILES string of the molecule is COc1ccccc1CCC(=O)OCc1csc(CC(=O)NCc2ccccc2)n1. The van der Waals surface area contributed by atoms with Crippen molar-refractivity contribution in [2.24, 2.45) is 0 Å². The van der Waals surface area contributed by atoms with Gasteiger partial charge in [0.25, 0.3) is 0 Å². The van der Waals surface area contributed by atoms with E-state index in [-0.39, 0.29) is 31.3 Å². The van der Waals surface area contributed by atoms with Crippen LogP contribution in [0.1, 0.15) is 28.2 Å². The maximum absolute atomic E-state index is 12.1. The average molecular weight is 425 g/mol. The minimum absolute atomic E-state index is 0.0893. The molecule has 156 valence electrons. The first kappa shape index (κ1) is 21.5. The number of para-hydroxylation sites is 1. The molecule has 1 aromatic heterocycles. The highest BCUT2D eigenvalue weighted by Crippen LogP contribution is 2.19. The summed E-state index contributed by atoms with van der Waals surface area (Å²) >= 11 is 1.39. The quantitative estimate of drug-likeness (QED) is 0.502. The van der Waals surface area contributed by atoms with Crippen molar-refractivity contribution in [1.82, 2.24) is 10.3 Å².